The Morgan fingerprint density at radius 1 is 1.42 bits per heavy atom. The van der Waals surface area contributed by atoms with E-state index in [9.17, 15) is 4.39 Å². The van der Waals surface area contributed by atoms with Crippen LogP contribution in [0.2, 0.25) is 0 Å². The molecule has 0 aliphatic carbocycles. The van der Waals surface area contributed by atoms with Gasteiger partial charge < -0.3 is 0 Å². The monoisotopic (exact) mass is 279 g/mol. The van der Waals surface area contributed by atoms with Crippen molar-refractivity contribution in [1.29, 1.82) is 0 Å². The van der Waals surface area contributed by atoms with E-state index in [1.54, 1.807) is 23.9 Å². The van der Waals surface area contributed by atoms with Gasteiger partial charge in [0.1, 0.15) is 5.82 Å². The average molecular weight is 279 g/mol. The molecule has 19 heavy (non-hydrogen) atoms. The van der Waals surface area contributed by atoms with Crippen LogP contribution < -0.4 is 5.43 Å². The molecule has 5 heteroatoms. The Hall–Kier alpha value is -1.36. The van der Waals surface area contributed by atoms with Crippen molar-refractivity contribution in [3.8, 4) is 0 Å². The molecule has 0 saturated carbocycles. The SMILES string of the molecule is CC(C)CCN=C1NN=C(c2ccccc2F)CS1. The molecule has 0 unspecified atom stereocenters. The van der Waals surface area contributed by atoms with Crippen molar-refractivity contribution in [2.24, 2.45) is 16.0 Å². The van der Waals surface area contributed by atoms with Crippen LogP contribution in [0.25, 0.3) is 0 Å². The highest BCUT2D eigenvalue weighted by Gasteiger charge is 2.15. The van der Waals surface area contributed by atoms with Crippen LogP contribution in [0.3, 0.4) is 0 Å². The van der Waals surface area contributed by atoms with E-state index in [1.807, 2.05) is 6.07 Å². The Balaban J connectivity index is 1.99. The summed E-state index contributed by atoms with van der Waals surface area (Å²) in [4.78, 5) is 4.44. The lowest BCUT2D eigenvalue weighted by molar-refractivity contribution is 0.596. The highest BCUT2D eigenvalue weighted by Crippen LogP contribution is 2.16. The third kappa shape index (κ3) is 4.06. The van der Waals surface area contributed by atoms with Crippen molar-refractivity contribution < 1.29 is 4.39 Å². The average Bonchev–Trinajstić information content (AvgIpc) is 2.40. The van der Waals surface area contributed by atoms with E-state index in [2.05, 4.69) is 29.4 Å². The van der Waals surface area contributed by atoms with Gasteiger partial charge in [0.15, 0.2) is 5.17 Å². The summed E-state index contributed by atoms with van der Waals surface area (Å²) < 4.78 is 13.6. The molecule has 1 N–H and O–H groups in total. The van der Waals surface area contributed by atoms with Crippen LogP contribution in [0.5, 0.6) is 0 Å². The summed E-state index contributed by atoms with van der Waals surface area (Å²) in [6, 6.07) is 6.70. The summed E-state index contributed by atoms with van der Waals surface area (Å²) in [5.74, 6) is 1.06. The van der Waals surface area contributed by atoms with Gasteiger partial charge in [-0.05, 0) is 18.4 Å². The van der Waals surface area contributed by atoms with Gasteiger partial charge >= 0.3 is 0 Å². The topological polar surface area (TPSA) is 36.8 Å². The number of hydrogen-bond acceptors (Lipinski definition) is 3. The van der Waals surface area contributed by atoms with Gasteiger partial charge in [-0.1, -0.05) is 43.8 Å². The van der Waals surface area contributed by atoms with Crippen molar-refractivity contribution in [1.82, 2.24) is 5.43 Å². The number of benzene rings is 1. The van der Waals surface area contributed by atoms with Crippen LogP contribution in [0.1, 0.15) is 25.8 Å². The predicted octanol–water partition coefficient (Wildman–Crippen LogP) is 3.27. The Morgan fingerprint density at radius 3 is 2.84 bits per heavy atom. The minimum atomic E-state index is -0.233. The first-order valence-corrected chi connectivity index (χ1v) is 7.40. The van der Waals surface area contributed by atoms with E-state index in [0.717, 1.165) is 23.8 Å². The van der Waals surface area contributed by atoms with Crippen LogP contribution in [0.4, 0.5) is 4.39 Å². The smallest absolute Gasteiger partial charge is 0.177 e. The molecule has 0 bridgehead atoms. The second-order valence-electron chi connectivity index (χ2n) is 4.81. The molecule has 1 aromatic carbocycles. The molecule has 1 heterocycles. The third-order valence-electron chi connectivity index (χ3n) is 2.78. The Morgan fingerprint density at radius 2 is 2.21 bits per heavy atom. The van der Waals surface area contributed by atoms with E-state index < -0.39 is 0 Å². The maximum Gasteiger partial charge on any atom is 0.177 e. The van der Waals surface area contributed by atoms with Gasteiger partial charge in [0.2, 0.25) is 0 Å². The first-order valence-electron chi connectivity index (χ1n) is 6.41. The number of hydrogen-bond donors (Lipinski definition) is 1. The normalized spacial score (nSPS) is 17.5. The van der Waals surface area contributed by atoms with E-state index in [-0.39, 0.29) is 5.82 Å². The van der Waals surface area contributed by atoms with Gasteiger partial charge in [0, 0.05) is 17.9 Å². The number of hydrazone groups is 1. The number of aliphatic imine (C=N–C) groups is 1. The lowest BCUT2D eigenvalue weighted by Crippen LogP contribution is -2.26. The minimum Gasteiger partial charge on any atom is -0.261 e. The Bertz CT molecular complexity index is 497. The number of halogens is 1. The molecular formula is C14H18FN3S. The van der Waals surface area contributed by atoms with E-state index in [0.29, 0.717) is 17.2 Å². The highest BCUT2D eigenvalue weighted by atomic mass is 32.2. The minimum absolute atomic E-state index is 0.233. The van der Waals surface area contributed by atoms with Gasteiger partial charge in [-0.3, -0.25) is 10.4 Å². The van der Waals surface area contributed by atoms with Crippen LogP contribution in [-0.4, -0.2) is 23.2 Å². The first kappa shape index (κ1) is 14.1. The molecule has 102 valence electrons. The molecular weight excluding hydrogens is 261 g/mol. The van der Waals surface area contributed by atoms with Gasteiger partial charge in [-0.2, -0.15) is 5.10 Å². The molecule has 0 spiro atoms. The number of amidine groups is 1. The van der Waals surface area contributed by atoms with Gasteiger partial charge in [-0.25, -0.2) is 4.39 Å². The van der Waals surface area contributed by atoms with E-state index in [1.165, 1.54) is 6.07 Å². The summed E-state index contributed by atoms with van der Waals surface area (Å²) in [7, 11) is 0. The summed E-state index contributed by atoms with van der Waals surface area (Å²) in [6.45, 7) is 5.16. The molecule has 0 atom stereocenters. The molecule has 3 nitrogen and oxygen atoms in total. The van der Waals surface area contributed by atoms with Crippen molar-refractivity contribution >= 4 is 22.6 Å². The van der Waals surface area contributed by atoms with Crippen molar-refractivity contribution in [2.75, 3.05) is 12.3 Å². The zero-order valence-electron chi connectivity index (χ0n) is 11.2. The fourth-order valence-corrected chi connectivity index (χ4v) is 2.44. The van der Waals surface area contributed by atoms with Crippen molar-refractivity contribution in [2.45, 2.75) is 20.3 Å². The predicted molar refractivity (Wildman–Crippen MR) is 80.3 cm³/mol. The molecule has 1 aliphatic heterocycles. The van der Waals surface area contributed by atoms with E-state index >= 15 is 0 Å². The molecule has 1 aromatic rings. The molecule has 2 rings (SSSR count). The molecule has 1 aliphatic rings. The van der Waals surface area contributed by atoms with Crippen LogP contribution in [-0.2, 0) is 0 Å². The summed E-state index contributed by atoms with van der Waals surface area (Å²) in [6.07, 6.45) is 1.07. The second-order valence-corrected chi connectivity index (χ2v) is 5.77. The fourth-order valence-electron chi connectivity index (χ4n) is 1.66. The molecule has 0 radical (unpaired) electrons. The third-order valence-corrected chi connectivity index (χ3v) is 3.69. The number of nitrogens with one attached hydrogen (secondary N) is 1. The number of nitrogens with zero attached hydrogens (tertiary/aromatic N) is 2. The standard InChI is InChI=1S/C14H18FN3S/c1-10(2)7-8-16-14-18-17-13(9-19-14)11-5-3-4-6-12(11)15/h3-6,10H,7-9H2,1-2H3,(H,16,18). The lowest BCUT2D eigenvalue weighted by Gasteiger charge is -2.15. The van der Waals surface area contributed by atoms with Crippen molar-refractivity contribution in [3.05, 3.63) is 35.6 Å². The number of thioether (sulfide) groups is 1. The first-order chi connectivity index (χ1) is 9.16. The van der Waals surface area contributed by atoms with Gasteiger partial charge in [-0.15, -0.1) is 0 Å². The van der Waals surface area contributed by atoms with Crippen LogP contribution in [0, 0.1) is 11.7 Å². The maximum atomic E-state index is 13.6. The zero-order valence-corrected chi connectivity index (χ0v) is 12.0. The molecule has 0 aromatic heterocycles. The quantitative estimate of drug-likeness (QED) is 0.918. The largest absolute Gasteiger partial charge is 0.261 e. The van der Waals surface area contributed by atoms with Gasteiger partial charge in [0.05, 0.1) is 5.71 Å². The highest BCUT2D eigenvalue weighted by molar-refractivity contribution is 8.14. The summed E-state index contributed by atoms with van der Waals surface area (Å²) >= 11 is 1.57. The zero-order chi connectivity index (χ0) is 13.7. The fraction of sp³-hybridized carbons (Fsp3) is 0.429. The molecule has 0 amide bonds. The van der Waals surface area contributed by atoms with Crippen LogP contribution in [0.15, 0.2) is 34.4 Å². The summed E-state index contributed by atoms with van der Waals surface area (Å²) in [5, 5.41) is 5.03. The Labute approximate surface area is 117 Å². The van der Waals surface area contributed by atoms with Gasteiger partial charge in [0.25, 0.3) is 0 Å². The molecule has 0 saturated heterocycles. The molecule has 0 fully saturated rings. The van der Waals surface area contributed by atoms with Crippen LogP contribution >= 0.6 is 11.8 Å². The number of rotatable bonds is 4. The maximum absolute atomic E-state index is 13.6. The second kappa shape index (κ2) is 6.70. The summed E-state index contributed by atoms with van der Waals surface area (Å²) in [5.41, 5.74) is 4.19. The van der Waals surface area contributed by atoms with E-state index in [4.69, 9.17) is 0 Å². The lowest BCUT2D eigenvalue weighted by atomic mass is 10.1. The Kier molecular flexibility index (Phi) is 4.96. The van der Waals surface area contributed by atoms with Crippen molar-refractivity contribution in [3.63, 3.8) is 0 Å².